The van der Waals surface area contributed by atoms with Crippen LogP contribution in [0.5, 0.6) is 0 Å². The van der Waals surface area contributed by atoms with Gasteiger partial charge in [0.2, 0.25) is 0 Å². The molecular formula is C10H14N2O. The lowest BCUT2D eigenvalue weighted by molar-refractivity contribution is 0.507. The smallest absolute Gasteiger partial charge is 0.0950 e. The normalized spacial score (nSPS) is 11.8. The van der Waals surface area contributed by atoms with E-state index in [1.165, 1.54) is 0 Å². The van der Waals surface area contributed by atoms with Crippen LogP contribution in [-0.2, 0) is 0 Å². The minimum atomic E-state index is 0.139. The lowest BCUT2D eigenvalue weighted by atomic mass is 10.1. The third kappa shape index (κ3) is 2.94. The van der Waals surface area contributed by atoms with Gasteiger partial charge in [0.05, 0.1) is 18.6 Å². The molecule has 0 aliphatic carbocycles. The van der Waals surface area contributed by atoms with Crippen molar-refractivity contribution in [3.63, 3.8) is 0 Å². The van der Waals surface area contributed by atoms with E-state index in [1.807, 2.05) is 13.0 Å². The van der Waals surface area contributed by atoms with E-state index in [0.717, 1.165) is 18.4 Å². The molecule has 3 nitrogen and oxygen atoms in total. The van der Waals surface area contributed by atoms with Gasteiger partial charge in [0.15, 0.2) is 0 Å². The summed E-state index contributed by atoms with van der Waals surface area (Å²) in [5, 5.41) is 0. The van der Waals surface area contributed by atoms with Crippen molar-refractivity contribution < 1.29 is 4.42 Å². The molecule has 13 heavy (non-hydrogen) atoms. The van der Waals surface area contributed by atoms with E-state index in [0.29, 0.717) is 0 Å². The van der Waals surface area contributed by atoms with Crippen molar-refractivity contribution >= 4 is 0 Å². The summed E-state index contributed by atoms with van der Waals surface area (Å²) in [4.78, 5) is 0. The first-order valence-corrected chi connectivity index (χ1v) is 4.26. The Bertz CT molecular complexity index is 282. The van der Waals surface area contributed by atoms with Crippen LogP contribution in [0.1, 0.15) is 31.4 Å². The molecule has 1 rings (SSSR count). The Morgan fingerprint density at radius 3 is 3.08 bits per heavy atom. The molecule has 0 aromatic carbocycles. The molecule has 0 saturated heterocycles. The van der Waals surface area contributed by atoms with E-state index < -0.39 is 0 Å². The fourth-order valence-electron chi connectivity index (χ4n) is 1.16. The molecule has 0 amide bonds. The Morgan fingerprint density at radius 1 is 1.69 bits per heavy atom. The molecule has 3 N–H and O–H groups in total. The Kier molecular flexibility index (Phi) is 4.10. The van der Waals surface area contributed by atoms with Gasteiger partial charge in [-0.25, -0.2) is 0 Å². The van der Waals surface area contributed by atoms with Gasteiger partial charge in [-0.3, -0.25) is 11.3 Å². The molecule has 1 atom stereocenters. The van der Waals surface area contributed by atoms with Crippen LogP contribution in [0.15, 0.2) is 23.0 Å². The Labute approximate surface area is 78.3 Å². The highest BCUT2D eigenvalue weighted by molar-refractivity contribution is 5.11. The Balaban J connectivity index is 2.47. The predicted octanol–water partition coefficient (Wildman–Crippen LogP) is 1.59. The molecule has 70 valence electrons. The topological polar surface area (TPSA) is 51.2 Å². The van der Waals surface area contributed by atoms with E-state index in [1.54, 1.807) is 12.5 Å². The number of rotatable bonds is 4. The van der Waals surface area contributed by atoms with Crippen LogP contribution >= 0.6 is 0 Å². The van der Waals surface area contributed by atoms with E-state index in [9.17, 15) is 0 Å². The highest BCUT2D eigenvalue weighted by atomic mass is 16.3. The SMILES string of the molecule is CC#CCCC(NN)c1ccoc1. The molecule has 1 aromatic heterocycles. The van der Waals surface area contributed by atoms with E-state index in [2.05, 4.69) is 17.3 Å². The maximum atomic E-state index is 5.41. The van der Waals surface area contributed by atoms with Crippen LogP contribution in [0, 0.1) is 11.8 Å². The largest absolute Gasteiger partial charge is 0.472 e. The molecule has 0 bridgehead atoms. The summed E-state index contributed by atoms with van der Waals surface area (Å²) < 4.78 is 4.97. The molecule has 0 radical (unpaired) electrons. The monoisotopic (exact) mass is 178 g/mol. The van der Waals surface area contributed by atoms with Crippen LogP contribution in [0.3, 0.4) is 0 Å². The standard InChI is InChI=1S/C10H14N2O/c1-2-3-4-5-10(12-11)9-6-7-13-8-9/h6-8,10,12H,4-5,11H2,1H3. The van der Waals surface area contributed by atoms with Gasteiger partial charge in [-0.05, 0) is 19.4 Å². The van der Waals surface area contributed by atoms with Gasteiger partial charge < -0.3 is 4.42 Å². The molecule has 1 heterocycles. The fourth-order valence-corrected chi connectivity index (χ4v) is 1.16. The maximum absolute atomic E-state index is 5.41. The summed E-state index contributed by atoms with van der Waals surface area (Å²) in [6.45, 7) is 1.84. The van der Waals surface area contributed by atoms with Crippen molar-refractivity contribution in [2.45, 2.75) is 25.8 Å². The van der Waals surface area contributed by atoms with Gasteiger partial charge in [-0.2, -0.15) is 0 Å². The van der Waals surface area contributed by atoms with Crippen LogP contribution in [0.25, 0.3) is 0 Å². The van der Waals surface area contributed by atoms with Gasteiger partial charge >= 0.3 is 0 Å². The first-order valence-electron chi connectivity index (χ1n) is 4.26. The number of furan rings is 1. The summed E-state index contributed by atoms with van der Waals surface area (Å²) in [6, 6.07) is 2.05. The Morgan fingerprint density at radius 2 is 2.54 bits per heavy atom. The highest BCUT2D eigenvalue weighted by Gasteiger charge is 2.08. The molecule has 1 aromatic rings. The third-order valence-corrected chi connectivity index (χ3v) is 1.88. The summed E-state index contributed by atoms with van der Waals surface area (Å²) in [6.07, 6.45) is 5.09. The van der Waals surface area contributed by atoms with Gasteiger partial charge in [-0.1, -0.05) is 0 Å². The fraction of sp³-hybridized carbons (Fsp3) is 0.400. The van der Waals surface area contributed by atoms with Crippen molar-refractivity contribution in [3.05, 3.63) is 24.2 Å². The molecule has 3 heteroatoms. The molecule has 0 fully saturated rings. The van der Waals surface area contributed by atoms with Crippen molar-refractivity contribution in [1.29, 1.82) is 0 Å². The maximum Gasteiger partial charge on any atom is 0.0950 e. The van der Waals surface area contributed by atoms with E-state index >= 15 is 0 Å². The van der Waals surface area contributed by atoms with Crippen molar-refractivity contribution in [3.8, 4) is 11.8 Å². The highest BCUT2D eigenvalue weighted by Crippen LogP contribution is 2.17. The van der Waals surface area contributed by atoms with Crippen molar-refractivity contribution in [1.82, 2.24) is 5.43 Å². The zero-order valence-corrected chi connectivity index (χ0v) is 7.71. The summed E-state index contributed by atoms with van der Waals surface area (Å²) in [5.41, 5.74) is 3.81. The average Bonchev–Trinajstić information content (AvgIpc) is 2.65. The minimum absolute atomic E-state index is 0.139. The first kappa shape index (κ1) is 9.85. The zero-order valence-electron chi connectivity index (χ0n) is 7.71. The van der Waals surface area contributed by atoms with Gasteiger partial charge in [0, 0.05) is 12.0 Å². The van der Waals surface area contributed by atoms with Crippen molar-refractivity contribution in [2.75, 3.05) is 0 Å². The van der Waals surface area contributed by atoms with Gasteiger partial charge in [0.25, 0.3) is 0 Å². The Hall–Kier alpha value is -1.24. The summed E-state index contributed by atoms with van der Waals surface area (Å²) in [7, 11) is 0. The van der Waals surface area contributed by atoms with E-state index in [-0.39, 0.29) is 6.04 Å². The van der Waals surface area contributed by atoms with E-state index in [4.69, 9.17) is 10.3 Å². The predicted molar refractivity (Wildman–Crippen MR) is 51.5 cm³/mol. The molecule has 0 aliphatic heterocycles. The second-order valence-electron chi connectivity index (χ2n) is 2.74. The van der Waals surface area contributed by atoms with Crippen LogP contribution in [0.2, 0.25) is 0 Å². The number of hydrazine groups is 1. The summed E-state index contributed by atoms with van der Waals surface area (Å²) in [5.74, 6) is 11.3. The lowest BCUT2D eigenvalue weighted by Gasteiger charge is -2.11. The number of nitrogens with two attached hydrogens (primary N) is 1. The average molecular weight is 178 g/mol. The van der Waals surface area contributed by atoms with Gasteiger partial charge in [-0.15, -0.1) is 11.8 Å². The lowest BCUT2D eigenvalue weighted by Crippen LogP contribution is -2.27. The second kappa shape index (κ2) is 5.41. The van der Waals surface area contributed by atoms with Crippen LogP contribution in [-0.4, -0.2) is 0 Å². The second-order valence-corrected chi connectivity index (χ2v) is 2.74. The quantitative estimate of drug-likeness (QED) is 0.418. The van der Waals surface area contributed by atoms with Crippen molar-refractivity contribution in [2.24, 2.45) is 5.84 Å². The van der Waals surface area contributed by atoms with Crippen LogP contribution in [0.4, 0.5) is 0 Å². The number of nitrogens with one attached hydrogen (secondary N) is 1. The minimum Gasteiger partial charge on any atom is -0.472 e. The molecule has 0 spiro atoms. The molecular weight excluding hydrogens is 164 g/mol. The number of hydrogen-bond donors (Lipinski definition) is 2. The number of hydrogen-bond acceptors (Lipinski definition) is 3. The van der Waals surface area contributed by atoms with Crippen LogP contribution < -0.4 is 11.3 Å². The van der Waals surface area contributed by atoms with Gasteiger partial charge in [0.1, 0.15) is 0 Å². The molecule has 0 aliphatic rings. The third-order valence-electron chi connectivity index (χ3n) is 1.88. The first-order chi connectivity index (χ1) is 6.38. The summed E-state index contributed by atoms with van der Waals surface area (Å²) >= 11 is 0. The zero-order chi connectivity index (χ0) is 9.52. The molecule has 1 unspecified atom stereocenters. The molecule has 0 saturated carbocycles.